The number of rotatable bonds is 3. The Balaban J connectivity index is 2.62. The normalized spacial score (nSPS) is 16.2. The van der Waals surface area contributed by atoms with Gasteiger partial charge in [0.05, 0.1) is 15.3 Å². The minimum Gasteiger partial charge on any atom is -0.497 e. The molecule has 0 aliphatic rings. The molecule has 94 valence electrons. The summed E-state index contributed by atoms with van der Waals surface area (Å²) in [6.07, 6.45) is 0. The van der Waals surface area contributed by atoms with Crippen LogP contribution in [0.3, 0.4) is 0 Å². The molecule has 0 saturated carbocycles. The predicted octanol–water partition coefficient (Wildman–Crippen LogP) is 4.62. The van der Waals surface area contributed by atoms with Crippen molar-refractivity contribution < 1.29 is 17.4 Å². The lowest BCUT2D eigenvalue weighted by atomic mass is 9.98. The second kappa shape index (κ2) is 5.21. The van der Waals surface area contributed by atoms with E-state index >= 15 is 0 Å². The van der Waals surface area contributed by atoms with Gasteiger partial charge in [-0.1, -0.05) is 38.1 Å². The van der Waals surface area contributed by atoms with Gasteiger partial charge in [-0.2, -0.15) is 0 Å². The Morgan fingerprint density at radius 1 is 1.28 bits per heavy atom. The molecule has 0 heterocycles. The summed E-state index contributed by atoms with van der Waals surface area (Å²) < 4.78 is 64.2. The van der Waals surface area contributed by atoms with Crippen LogP contribution in [-0.2, 0) is 0 Å². The van der Waals surface area contributed by atoms with Crippen LogP contribution in [0.1, 0.15) is 33.6 Å². The van der Waals surface area contributed by atoms with Crippen molar-refractivity contribution in [2.75, 3.05) is 7.04 Å². The summed E-state index contributed by atoms with van der Waals surface area (Å²) in [6, 6.07) is 4.50. The van der Waals surface area contributed by atoms with Crippen molar-refractivity contribution in [3.05, 3.63) is 53.8 Å². The van der Waals surface area contributed by atoms with Crippen molar-refractivity contribution in [3.8, 4) is 16.9 Å². The molecule has 0 spiro atoms. The third-order valence-corrected chi connectivity index (χ3v) is 2.67. The SMILES string of the molecule is [2H]c1cc([2H])c(-c2ccc(C(C)C)c(F)c2)c([2H])c1OC([2H])([2H])[2H]. The zero-order valence-corrected chi connectivity index (χ0v) is 10.2. The lowest BCUT2D eigenvalue weighted by molar-refractivity contribution is 0.415. The Kier molecular flexibility index (Phi) is 2.01. The van der Waals surface area contributed by atoms with Crippen molar-refractivity contribution >= 4 is 0 Å². The largest absolute Gasteiger partial charge is 0.497 e. The smallest absolute Gasteiger partial charge is 0.127 e. The summed E-state index contributed by atoms with van der Waals surface area (Å²) in [5, 5.41) is 0. The van der Waals surface area contributed by atoms with Crippen molar-refractivity contribution in [1.29, 1.82) is 0 Å². The molecule has 0 bridgehead atoms. The molecule has 2 rings (SSSR count). The highest BCUT2D eigenvalue weighted by atomic mass is 19.1. The second-order valence-corrected chi connectivity index (χ2v) is 4.26. The fourth-order valence-corrected chi connectivity index (χ4v) is 1.72. The quantitative estimate of drug-likeness (QED) is 0.772. The Morgan fingerprint density at radius 2 is 2.11 bits per heavy atom. The van der Waals surface area contributed by atoms with Crippen LogP contribution in [0, 0.1) is 5.82 Å². The maximum absolute atomic E-state index is 14.2. The number of benzene rings is 2. The fraction of sp³-hybridized carbons (Fsp3) is 0.250. The maximum Gasteiger partial charge on any atom is 0.127 e. The monoisotopic (exact) mass is 250 g/mol. The van der Waals surface area contributed by atoms with Crippen LogP contribution in [-0.4, -0.2) is 7.04 Å². The first-order valence-corrected chi connectivity index (χ1v) is 5.61. The van der Waals surface area contributed by atoms with E-state index in [-0.39, 0.29) is 29.1 Å². The van der Waals surface area contributed by atoms with Crippen LogP contribution < -0.4 is 4.74 Å². The topological polar surface area (TPSA) is 9.23 Å². The third-order valence-electron chi connectivity index (χ3n) is 2.67. The van der Waals surface area contributed by atoms with Gasteiger partial charge in [0.15, 0.2) is 0 Å². The van der Waals surface area contributed by atoms with E-state index in [4.69, 9.17) is 13.0 Å². The van der Waals surface area contributed by atoms with E-state index in [9.17, 15) is 4.39 Å². The summed E-state index contributed by atoms with van der Waals surface area (Å²) in [7, 11) is -2.82. The molecule has 2 aromatic rings. The van der Waals surface area contributed by atoms with Gasteiger partial charge in [-0.15, -0.1) is 0 Å². The number of methoxy groups -OCH3 is 1. The first kappa shape index (κ1) is 6.93. The minimum atomic E-state index is -2.82. The molecule has 18 heavy (non-hydrogen) atoms. The van der Waals surface area contributed by atoms with Crippen LogP contribution >= 0.6 is 0 Å². The van der Waals surface area contributed by atoms with E-state index in [1.165, 1.54) is 6.07 Å². The zero-order chi connectivity index (χ0) is 18.2. The van der Waals surface area contributed by atoms with Gasteiger partial charge in [-0.3, -0.25) is 0 Å². The number of ether oxygens (including phenoxy) is 1. The number of hydrogen-bond acceptors (Lipinski definition) is 1. The molecule has 0 aliphatic carbocycles. The van der Waals surface area contributed by atoms with Crippen molar-refractivity contribution in [3.63, 3.8) is 0 Å². The van der Waals surface area contributed by atoms with Gasteiger partial charge in [0.2, 0.25) is 0 Å². The zero-order valence-electron chi connectivity index (χ0n) is 16.2. The molecule has 0 saturated heterocycles. The standard InChI is InChI=1S/C16H17FO/c1-11(2)15-8-7-13(10-16(15)17)12-5-4-6-14(9-12)18-3/h4-11H,1-3H3/i3D3,5D,6D,9D. The predicted molar refractivity (Wildman–Crippen MR) is 72.5 cm³/mol. The van der Waals surface area contributed by atoms with Crippen LogP contribution in [0.4, 0.5) is 4.39 Å². The maximum atomic E-state index is 14.2. The van der Waals surface area contributed by atoms with Gasteiger partial charge < -0.3 is 4.74 Å². The van der Waals surface area contributed by atoms with Crippen molar-refractivity contribution in [2.45, 2.75) is 19.8 Å². The van der Waals surface area contributed by atoms with E-state index in [2.05, 4.69) is 0 Å². The summed E-state index contributed by atoms with van der Waals surface area (Å²) >= 11 is 0. The van der Waals surface area contributed by atoms with E-state index in [1.807, 2.05) is 13.8 Å². The first-order valence-electron chi connectivity index (χ1n) is 8.61. The first-order chi connectivity index (χ1) is 11.0. The highest BCUT2D eigenvalue weighted by Gasteiger charge is 2.08. The van der Waals surface area contributed by atoms with Gasteiger partial charge in [-0.25, -0.2) is 4.39 Å². The lowest BCUT2D eigenvalue weighted by Crippen LogP contribution is -1.93. The lowest BCUT2D eigenvalue weighted by Gasteiger charge is -2.10. The average Bonchev–Trinajstić information content (AvgIpc) is 2.42. The van der Waals surface area contributed by atoms with E-state index in [0.717, 1.165) is 6.07 Å². The van der Waals surface area contributed by atoms with Crippen molar-refractivity contribution in [2.24, 2.45) is 0 Å². The van der Waals surface area contributed by atoms with E-state index in [1.54, 1.807) is 12.1 Å². The molecule has 0 N–H and O–H groups in total. The third kappa shape index (κ3) is 2.53. The Morgan fingerprint density at radius 3 is 2.78 bits per heavy atom. The van der Waals surface area contributed by atoms with Gasteiger partial charge in [0, 0.05) is 0 Å². The average molecular weight is 250 g/mol. The fourth-order valence-electron chi connectivity index (χ4n) is 1.72. The second-order valence-electron chi connectivity index (χ2n) is 4.26. The van der Waals surface area contributed by atoms with Gasteiger partial charge in [0.25, 0.3) is 0 Å². The highest BCUT2D eigenvalue weighted by Crippen LogP contribution is 2.27. The Labute approximate surface area is 116 Å². The molecule has 0 atom stereocenters. The molecule has 0 aliphatic heterocycles. The molecule has 1 nitrogen and oxygen atoms in total. The van der Waals surface area contributed by atoms with Gasteiger partial charge in [-0.05, 0) is 40.8 Å². The molecule has 2 heteroatoms. The summed E-state index contributed by atoms with van der Waals surface area (Å²) in [4.78, 5) is 0. The molecule has 0 fully saturated rings. The number of hydrogen-bond donors (Lipinski definition) is 0. The van der Waals surface area contributed by atoms with E-state index in [0.29, 0.717) is 5.56 Å². The van der Waals surface area contributed by atoms with Gasteiger partial charge >= 0.3 is 0 Å². The van der Waals surface area contributed by atoms with Crippen LogP contribution in [0.15, 0.2) is 42.4 Å². The molecular formula is C16H17FO. The van der Waals surface area contributed by atoms with Gasteiger partial charge in [0.1, 0.15) is 11.6 Å². The van der Waals surface area contributed by atoms with Crippen molar-refractivity contribution in [1.82, 2.24) is 0 Å². The molecular weight excluding hydrogens is 227 g/mol. The number of halogens is 1. The van der Waals surface area contributed by atoms with Crippen LogP contribution in [0.2, 0.25) is 0 Å². The Bertz CT molecular complexity index is 770. The molecule has 0 amide bonds. The molecule has 0 aromatic heterocycles. The van der Waals surface area contributed by atoms with Crippen LogP contribution in [0.25, 0.3) is 11.1 Å². The summed E-state index contributed by atoms with van der Waals surface area (Å²) in [5.74, 6) is -0.932. The van der Waals surface area contributed by atoms with Crippen LogP contribution in [0.5, 0.6) is 5.75 Å². The summed E-state index contributed by atoms with van der Waals surface area (Å²) in [5.41, 5.74) is 0.801. The molecule has 2 aromatic carbocycles. The highest BCUT2D eigenvalue weighted by molar-refractivity contribution is 5.65. The Hall–Kier alpha value is -1.83. The summed E-state index contributed by atoms with van der Waals surface area (Å²) in [6.45, 7) is 3.70. The van der Waals surface area contributed by atoms with E-state index < -0.39 is 24.6 Å². The molecule has 0 radical (unpaired) electrons. The molecule has 0 unspecified atom stereocenters. The minimum absolute atomic E-state index is 0.0185.